The van der Waals surface area contributed by atoms with Crippen LogP contribution >= 0.6 is 15.9 Å². The monoisotopic (exact) mass is 339 g/mol. The van der Waals surface area contributed by atoms with Crippen LogP contribution < -0.4 is 5.32 Å². The molecule has 112 valence electrons. The first-order valence-corrected chi connectivity index (χ1v) is 8.37. The van der Waals surface area contributed by atoms with Gasteiger partial charge in [-0.1, -0.05) is 34.1 Å². The molecule has 0 saturated heterocycles. The van der Waals surface area contributed by atoms with Crippen LogP contribution in [0.25, 0.3) is 0 Å². The van der Waals surface area contributed by atoms with Crippen LogP contribution in [-0.4, -0.2) is 24.8 Å². The highest BCUT2D eigenvalue weighted by Gasteiger charge is 2.23. The smallest absolute Gasteiger partial charge is 0.0598 e. The lowest BCUT2D eigenvalue weighted by atomic mass is 9.96. The summed E-state index contributed by atoms with van der Waals surface area (Å²) in [4.78, 5) is 0. The van der Waals surface area contributed by atoms with Gasteiger partial charge < -0.3 is 10.1 Å². The molecule has 0 radical (unpaired) electrons. The van der Waals surface area contributed by atoms with Crippen molar-refractivity contribution in [2.24, 2.45) is 0 Å². The molecular formula is C17H26BrNO. The third-order valence-electron chi connectivity index (χ3n) is 3.58. The number of benzene rings is 1. The molecule has 1 aliphatic carbocycles. The first-order valence-electron chi connectivity index (χ1n) is 7.57. The van der Waals surface area contributed by atoms with E-state index in [2.05, 4.69) is 66.3 Å². The molecule has 0 bridgehead atoms. The Balaban J connectivity index is 1.94. The molecule has 0 amide bonds. The fourth-order valence-electron chi connectivity index (χ4n) is 2.28. The van der Waals surface area contributed by atoms with E-state index in [4.69, 9.17) is 4.74 Å². The molecule has 1 N–H and O–H groups in total. The third kappa shape index (κ3) is 5.55. The van der Waals surface area contributed by atoms with Gasteiger partial charge in [-0.3, -0.25) is 0 Å². The zero-order chi connectivity index (χ0) is 14.6. The van der Waals surface area contributed by atoms with Gasteiger partial charge in [-0.15, -0.1) is 0 Å². The molecule has 0 aliphatic heterocycles. The molecule has 1 atom stereocenters. The van der Waals surface area contributed by atoms with Gasteiger partial charge in [0.15, 0.2) is 0 Å². The first-order chi connectivity index (χ1) is 9.46. The van der Waals surface area contributed by atoms with Crippen LogP contribution in [0.4, 0.5) is 0 Å². The molecule has 0 aromatic heterocycles. The second kappa shape index (κ2) is 7.06. The predicted octanol–water partition coefficient (Wildman–Crippen LogP) is 4.49. The van der Waals surface area contributed by atoms with E-state index in [1.54, 1.807) is 0 Å². The van der Waals surface area contributed by atoms with Gasteiger partial charge in [0.25, 0.3) is 0 Å². The Hall–Kier alpha value is -0.380. The number of hydrogen-bond acceptors (Lipinski definition) is 2. The number of rotatable bonds is 7. The van der Waals surface area contributed by atoms with Crippen molar-refractivity contribution in [2.75, 3.05) is 13.2 Å². The van der Waals surface area contributed by atoms with Crippen LogP contribution in [0.1, 0.15) is 51.5 Å². The molecule has 3 heteroatoms. The van der Waals surface area contributed by atoms with Crippen molar-refractivity contribution >= 4 is 15.9 Å². The minimum Gasteiger partial charge on any atom is -0.376 e. The maximum absolute atomic E-state index is 5.90. The van der Waals surface area contributed by atoms with Gasteiger partial charge in [-0.25, -0.2) is 0 Å². The second-order valence-corrected chi connectivity index (χ2v) is 7.50. The van der Waals surface area contributed by atoms with Crippen molar-refractivity contribution in [1.29, 1.82) is 0 Å². The van der Waals surface area contributed by atoms with Gasteiger partial charge in [0, 0.05) is 23.7 Å². The summed E-state index contributed by atoms with van der Waals surface area (Å²) in [5.41, 5.74) is 1.33. The van der Waals surface area contributed by atoms with Crippen LogP contribution in [0.2, 0.25) is 0 Å². The van der Waals surface area contributed by atoms with E-state index >= 15 is 0 Å². The van der Waals surface area contributed by atoms with Crippen LogP contribution in [0.5, 0.6) is 0 Å². The summed E-state index contributed by atoms with van der Waals surface area (Å²) in [7, 11) is 0. The molecule has 20 heavy (non-hydrogen) atoms. The summed E-state index contributed by atoms with van der Waals surface area (Å²) in [5.74, 6) is 0.508. The fourth-order valence-corrected chi connectivity index (χ4v) is 2.89. The summed E-state index contributed by atoms with van der Waals surface area (Å²) in [6, 6.07) is 9.30. The Kier molecular flexibility index (Phi) is 5.65. The topological polar surface area (TPSA) is 21.3 Å². The predicted molar refractivity (Wildman–Crippen MR) is 88.2 cm³/mol. The largest absolute Gasteiger partial charge is 0.376 e. The fraction of sp³-hybridized carbons (Fsp3) is 0.647. The lowest BCUT2D eigenvalue weighted by molar-refractivity contribution is -0.00626. The van der Waals surface area contributed by atoms with Gasteiger partial charge in [0.05, 0.1) is 5.60 Å². The van der Waals surface area contributed by atoms with E-state index in [0.29, 0.717) is 5.92 Å². The van der Waals surface area contributed by atoms with Crippen molar-refractivity contribution in [2.45, 2.75) is 57.6 Å². The Morgan fingerprint density at radius 1 is 1.30 bits per heavy atom. The number of nitrogens with one attached hydrogen (secondary N) is 1. The van der Waals surface area contributed by atoms with Crippen molar-refractivity contribution < 1.29 is 4.74 Å². The second-order valence-electron chi connectivity index (χ2n) is 6.65. The Morgan fingerprint density at radius 3 is 2.60 bits per heavy atom. The molecule has 1 aromatic rings. The van der Waals surface area contributed by atoms with Crippen LogP contribution in [-0.2, 0) is 4.74 Å². The van der Waals surface area contributed by atoms with E-state index in [1.165, 1.54) is 22.9 Å². The van der Waals surface area contributed by atoms with Gasteiger partial charge >= 0.3 is 0 Å². The normalized spacial score (nSPS) is 17.2. The highest BCUT2D eigenvalue weighted by Crippen LogP contribution is 2.29. The zero-order valence-corrected chi connectivity index (χ0v) is 14.4. The summed E-state index contributed by atoms with van der Waals surface area (Å²) >= 11 is 3.68. The average molecular weight is 340 g/mol. The maximum Gasteiger partial charge on any atom is 0.0598 e. The van der Waals surface area contributed by atoms with E-state index < -0.39 is 0 Å². The van der Waals surface area contributed by atoms with Gasteiger partial charge in [0.2, 0.25) is 0 Å². The molecule has 0 heterocycles. The minimum atomic E-state index is -0.0532. The molecule has 1 aliphatic rings. The lowest BCUT2D eigenvalue weighted by Crippen LogP contribution is -2.26. The Bertz CT molecular complexity index is 423. The average Bonchev–Trinajstić information content (AvgIpc) is 3.17. The van der Waals surface area contributed by atoms with Crippen molar-refractivity contribution in [1.82, 2.24) is 5.32 Å². The van der Waals surface area contributed by atoms with E-state index in [9.17, 15) is 0 Å². The summed E-state index contributed by atoms with van der Waals surface area (Å²) < 4.78 is 7.11. The highest BCUT2D eigenvalue weighted by atomic mass is 79.9. The van der Waals surface area contributed by atoms with E-state index in [1.807, 2.05) is 0 Å². The standard InChI is InChI=1S/C17H26BrNO/c1-17(2,3)20-11-10-13(12-19-14-8-9-14)15-6-4-5-7-16(15)18/h4-7,13-14,19H,8-12H2,1-3H3. The number of hydrogen-bond donors (Lipinski definition) is 1. The van der Waals surface area contributed by atoms with Crippen LogP contribution in [0.15, 0.2) is 28.7 Å². The molecule has 1 aromatic carbocycles. The number of halogens is 1. The molecule has 2 nitrogen and oxygen atoms in total. The molecule has 1 saturated carbocycles. The summed E-state index contributed by atoms with van der Waals surface area (Å²) in [6.45, 7) is 8.19. The molecule has 2 rings (SSSR count). The van der Waals surface area contributed by atoms with Crippen LogP contribution in [0, 0.1) is 0 Å². The van der Waals surface area contributed by atoms with Gasteiger partial charge in [-0.2, -0.15) is 0 Å². The summed E-state index contributed by atoms with van der Waals surface area (Å²) in [6.07, 6.45) is 3.72. The Morgan fingerprint density at radius 2 is 2.00 bits per heavy atom. The van der Waals surface area contributed by atoms with Crippen molar-refractivity contribution in [3.8, 4) is 0 Å². The van der Waals surface area contributed by atoms with Crippen molar-refractivity contribution in [3.63, 3.8) is 0 Å². The lowest BCUT2D eigenvalue weighted by Gasteiger charge is -2.24. The Labute approximate surface area is 131 Å². The molecule has 1 unspecified atom stereocenters. The third-order valence-corrected chi connectivity index (χ3v) is 4.30. The zero-order valence-electron chi connectivity index (χ0n) is 12.8. The van der Waals surface area contributed by atoms with Gasteiger partial charge in [0.1, 0.15) is 0 Å². The van der Waals surface area contributed by atoms with E-state index in [0.717, 1.165) is 25.6 Å². The van der Waals surface area contributed by atoms with Gasteiger partial charge in [-0.05, 0) is 57.6 Å². The number of ether oxygens (including phenoxy) is 1. The molecule has 0 spiro atoms. The van der Waals surface area contributed by atoms with E-state index in [-0.39, 0.29) is 5.60 Å². The first kappa shape index (κ1) is 16.0. The SMILES string of the molecule is CC(C)(C)OCCC(CNC1CC1)c1ccccc1Br. The summed E-state index contributed by atoms with van der Waals surface area (Å²) in [5, 5.41) is 3.65. The quantitative estimate of drug-likeness (QED) is 0.790. The van der Waals surface area contributed by atoms with Crippen molar-refractivity contribution in [3.05, 3.63) is 34.3 Å². The maximum atomic E-state index is 5.90. The molecular weight excluding hydrogens is 314 g/mol. The van der Waals surface area contributed by atoms with Crippen LogP contribution in [0.3, 0.4) is 0 Å². The minimum absolute atomic E-state index is 0.0532. The molecule has 1 fully saturated rings. The highest BCUT2D eigenvalue weighted by molar-refractivity contribution is 9.10.